The van der Waals surface area contributed by atoms with E-state index in [1.165, 1.54) is 0 Å². The third-order valence-electron chi connectivity index (χ3n) is 6.05. The first-order chi connectivity index (χ1) is 22.2. The van der Waals surface area contributed by atoms with Gasteiger partial charge in [0, 0.05) is 0 Å². The zero-order chi connectivity index (χ0) is 36.2. The Morgan fingerprint density at radius 1 is 0.681 bits per heavy atom. The van der Waals surface area contributed by atoms with Crippen LogP contribution < -0.4 is 34.0 Å². The molecule has 0 bridgehead atoms. The van der Waals surface area contributed by atoms with Gasteiger partial charge in [-0.05, 0) is 62.7 Å². The molecular formula is C31H50N6O10. The average molecular weight is 667 g/mol. The van der Waals surface area contributed by atoms with Gasteiger partial charge in [0.2, 0.25) is 0 Å². The molecular weight excluding hydrogens is 616 g/mol. The second kappa shape index (κ2) is 27.8. The van der Waals surface area contributed by atoms with Gasteiger partial charge in [-0.25, -0.2) is 0 Å². The number of carboxylic acids is 5. The molecule has 16 nitrogen and oxygen atoms in total. The van der Waals surface area contributed by atoms with Crippen LogP contribution in [0, 0.1) is 0 Å². The van der Waals surface area contributed by atoms with Gasteiger partial charge in [-0.1, -0.05) is 67.1 Å². The first-order valence-corrected chi connectivity index (χ1v) is 14.8. The Morgan fingerprint density at radius 3 is 1.34 bits per heavy atom. The molecule has 0 aromatic heterocycles. The number of carboxylic acid groups (broad SMARTS) is 5. The van der Waals surface area contributed by atoms with E-state index in [2.05, 4.69) is 11.1 Å². The van der Waals surface area contributed by atoms with Crippen molar-refractivity contribution in [2.75, 3.05) is 19.6 Å². The van der Waals surface area contributed by atoms with Crippen molar-refractivity contribution in [3.8, 4) is 0 Å². The molecule has 3 rings (SSSR count). The van der Waals surface area contributed by atoms with Crippen LogP contribution in [0.5, 0.6) is 0 Å². The van der Waals surface area contributed by atoms with E-state index in [4.69, 9.17) is 48.5 Å². The van der Waals surface area contributed by atoms with Crippen molar-refractivity contribution in [3.63, 3.8) is 0 Å². The maximum absolute atomic E-state index is 10.4. The van der Waals surface area contributed by atoms with E-state index < -0.39 is 48.0 Å². The molecule has 1 saturated heterocycles. The first kappa shape index (κ1) is 44.7. The average Bonchev–Trinajstić information content (AvgIpc) is 3.59. The number of hydrogen-bond donors (Lipinski definition) is 11. The Hall–Kier alpha value is -4.45. The summed E-state index contributed by atoms with van der Waals surface area (Å²) in [7, 11) is 0. The van der Waals surface area contributed by atoms with Crippen molar-refractivity contribution in [3.05, 3.63) is 71.8 Å². The zero-order valence-electron chi connectivity index (χ0n) is 26.3. The largest absolute Gasteiger partial charge is 0.480 e. The normalized spacial score (nSPS) is 14.7. The number of hydrogen-bond acceptors (Lipinski definition) is 11. The third-order valence-corrected chi connectivity index (χ3v) is 6.05. The van der Waals surface area contributed by atoms with Crippen molar-refractivity contribution in [2.24, 2.45) is 28.7 Å². The minimum atomic E-state index is -0.968. The Kier molecular flexibility index (Phi) is 26.5. The zero-order valence-corrected chi connectivity index (χ0v) is 26.3. The summed E-state index contributed by atoms with van der Waals surface area (Å²) >= 11 is 0. The topological polar surface area (TPSA) is 329 Å². The highest BCUT2D eigenvalue weighted by Gasteiger charge is 2.20. The van der Waals surface area contributed by atoms with Crippen LogP contribution in [0.1, 0.15) is 43.2 Å². The molecule has 1 aliphatic heterocycles. The molecule has 16 N–H and O–H groups in total. The lowest BCUT2D eigenvalue weighted by molar-refractivity contribution is -0.139. The van der Waals surface area contributed by atoms with Gasteiger partial charge in [-0.2, -0.15) is 0 Å². The molecule has 2 aromatic carbocycles. The van der Waals surface area contributed by atoms with Gasteiger partial charge in [-0.15, -0.1) is 0 Å². The van der Waals surface area contributed by atoms with E-state index in [0.29, 0.717) is 25.8 Å². The molecule has 1 fully saturated rings. The molecule has 264 valence electrons. The maximum Gasteiger partial charge on any atom is 0.320 e. The van der Waals surface area contributed by atoms with Crippen LogP contribution in [-0.4, -0.2) is 99.2 Å². The van der Waals surface area contributed by atoms with Gasteiger partial charge >= 0.3 is 29.8 Å². The fourth-order valence-electron chi connectivity index (χ4n) is 3.44. The van der Waals surface area contributed by atoms with Crippen molar-refractivity contribution in [1.29, 1.82) is 0 Å². The molecule has 0 saturated carbocycles. The Balaban J connectivity index is 0. The smallest absolute Gasteiger partial charge is 0.320 e. The summed E-state index contributed by atoms with van der Waals surface area (Å²) in [5.74, 6) is -4.54. The van der Waals surface area contributed by atoms with Crippen LogP contribution in [0.2, 0.25) is 0 Å². The van der Waals surface area contributed by atoms with Crippen LogP contribution in [0.3, 0.4) is 0 Å². The monoisotopic (exact) mass is 666 g/mol. The highest BCUT2D eigenvalue weighted by Crippen LogP contribution is 2.04. The van der Waals surface area contributed by atoms with E-state index >= 15 is 0 Å². The van der Waals surface area contributed by atoms with E-state index in [0.717, 1.165) is 43.4 Å². The minimum absolute atomic E-state index is 0.269. The van der Waals surface area contributed by atoms with Crippen LogP contribution in [0.15, 0.2) is 60.7 Å². The minimum Gasteiger partial charge on any atom is -0.480 e. The van der Waals surface area contributed by atoms with Crippen LogP contribution >= 0.6 is 0 Å². The molecule has 47 heavy (non-hydrogen) atoms. The van der Waals surface area contributed by atoms with E-state index in [1.54, 1.807) is 0 Å². The molecule has 4 atom stereocenters. The maximum atomic E-state index is 10.4. The number of nitrogens with two attached hydrogens (primary N) is 5. The molecule has 2 aromatic rings. The Labute approximate surface area is 273 Å². The molecule has 0 radical (unpaired) electrons. The summed E-state index contributed by atoms with van der Waals surface area (Å²) in [6.45, 7) is 1.18. The summed E-state index contributed by atoms with van der Waals surface area (Å²) in [5, 5.41) is 44.2. The number of aliphatic carboxylic acids is 5. The van der Waals surface area contributed by atoms with Crippen molar-refractivity contribution >= 4 is 29.8 Å². The number of rotatable bonds is 13. The lowest BCUT2D eigenvalue weighted by Gasteiger charge is -2.04. The van der Waals surface area contributed by atoms with E-state index in [-0.39, 0.29) is 12.6 Å². The van der Waals surface area contributed by atoms with E-state index in [1.807, 2.05) is 60.7 Å². The summed E-state index contributed by atoms with van der Waals surface area (Å²) in [4.78, 5) is 50.3. The SMILES string of the molecule is NCC(=O)O.NCCCC[C@H](N)C(=O)O.N[C@@H](Cc1ccccc1)C(=O)O.N[C@@H](Cc1ccccc1)C(=O)O.O=C(O)[C@@H]1CCCN1. The molecule has 16 heteroatoms. The molecule has 0 amide bonds. The highest BCUT2D eigenvalue weighted by molar-refractivity contribution is 5.74. The standard InChI is InChI=1S/2C9H11NO2.C6H14N2O2.C5H9NO2.C2H5NO2/c2*10-8(9(11)12)6-7-4-2-1-3-5-7;7-4-2-1-3-5(8)6(9)10;7-5(8)4-2-1-3-6-4;3-1-2(4)5/h2*1-5,8H,6,10H2,(H,11,12);5H,1-4,7-8H2,(H,9,10);4,6H,1-3H2,(H,7,8);1,3H2,(H,4,5)/t2*8-;5-;4-;/m0000./s1. The fraction of sp³-hybridized carbons (Fsp3) is 0.452. The highest BCUT2D eigenvalue weighted by atomic mass is 16.4. The third kappa shape index (κ3) is 26.5. The Bertz CT molecular complexity index is 1090. The summed E-state index contributed by atoms with van der Waals surface area (Å²) < 4.78 is 0. The van der Waals surface area contributed by atoms with Gasteiger partial charge in [0.1, 0.15) is 24.2 Å². The van der Waals surface area contributed by atoms with Crippen LogP contribution in [0.25, 0.3) is 0 Å². The van der Waals surface area contributed by atoms with Gasteiger partial charge in [0.05, 0.1) is 6.54 Å². The Morgan fingerprint density at radius 2 is 1.09 bits per heavy atom. The summed E-state index contributed by atoms with van der Waals surface area (Å²) in [5.41, 5.74) is 27.6. The predicted molar refractivity (Wildman–Crippen MR) is 175 cm³/mol. The molecule has 1 aliphatic rings. The molecule has 1 heterocycles. The van der Waals surface area contributed by atoms with Gasteiger partial charge in [0.15, 0.2) is 0 Å². The lowest BCUT2D eigenvalue weighted by atomic mass is 10.1. The molecule has 0 unspecified atom stereocenters. The molecule has 0 spiro atoms. The number of unbranched alkanes of at least 4 members (excludes halogenated alkanes) is 1. The number of nitrogens with one attached hydrogen (secondary N) is 1. The van der Waals surface area contributed by atoms with E-state index in [9.17, 15) is 24.0 Å². The predicted octanol–water partition coefficient (Wildman–Crippen LogP) is -0.338. The number of carbonyl (C=O) groups is 5. The van der Waals surface area contributed by atoms with Crippen molar-refractivity contribution in [1.82, 2.24) is 5.32 Å². The van der Waals surface area contributed by atoms with Gasteiger partial charge < -0.3 is 59.5 Å². The second-order valence-electron chi connectivity index (χ2n) is 10.1. The number of benzene rings is 2. The van der Waals surface area contributed by atoms with Crippen molar-refractivity contribution in [2.45, 2.75) is 69.1 Å². The summed E-state index contributed by atoms with van der Waals surface area (Å²) in [6.07, 6.45) is 4.72. The quantitative estimate of drug-likeness (QED) is 0.122. The summed E-state index contributed by atoms with van der Waals surface area (Å²) in [6, 6.07) is 16.1. The fourth-order valence-corrected chi connectivity index (χ4v) is 3.44. The van der Waals surface area contributed by atoms with Crippen LogP contribution in [-0.2, 0) is 36.8 Å². The van der Waals surface area contributed by atoms with Crippen LogP contribution in [0.4, 0.5) is 0 Å². The van der Waals surface area contributed by atoms with Gasteiger partial charge in [-0.3, -0.25) is 24.0 Å². The van der Waals surface area contributed by atoms with Crippen molar-refractivity contribution < 1.29 is 49.5 Å². The second-order valence-corrected chi connectivity index (χ2v) is 10.1. The first-order valence-electron chi connectivity index (χ1n) is 14.8. The lowest BCUT2D eigenvalue weighted by Crippen LogP contribution is -2.32. The van der Waals surface area contributed by atoms with Gasteiger partial charge in [0.25, 0.3) is 0 Å². The molecule has 0 aliphatic carbocycles.